The zero-order valence-corrected chi connectivity index (χ0v) is 9.30. The van der Waals surface area contributed by atoms with E-state index in [-0.39, 0.29) is 0 Å². The van der Waals surface area contributed by atoms with E-state index in [1.54, 1.807) is 0 Å². The summed E-state index contributed by atoms with van der Waals surface area (Å²) in [7, 11) is 0. The van der Waals surface area contributed by atoms with Gasteiger partial charge in [0.25, 0.3) is 0 Å². The van der Waals surface area contributed by atoms with Crippen LogP contribution >= 0.6 is 11.6 Å². The van der Waals surface area contributed by atoms with Gasteiger partial charge in [0.2, 0.25) is 0 Å². The number of hydrogen-bond donors (Lipinski definition) is 0. The molecule has 0 atom stereocenters. The van der Waals surface area contributed by atoms with Gasteiger partial charge in [0.15, 0.2) is 0 Å². The van der Waals surface area contributed by atoms with E-state index in [0.29, 0.717) is 5.88 Å². The second kappa shape index (κ2) is 5.71. The predicted molar refractivity (Wildman–Crippen MR) is 65.1 cm³/mol. The molecule has 0 heterocycles. The third-order valence-electron chi connectivity index (χ3n) is 2.23. The van der Waals surface area contributed by atoms with Crippen molar-refractivity contribution >= 4 is 23.4 Å². The van der Waals surface area contributed by atoms with Gasteiger partial charge in [-0.05, 0) is 24.6 Å². The summed E-state index contributed by atoms with van der Waals surface area (Å²) in [4.78, 5) is 2.25. The van der Waals surface area contributed by atoms with Crippen molar-refractivity contribution in [2.75, 3.05) is 23.9 Å². The number of benzene rings is 1. The Morgan fingerprint density at radius 3 is 2.43 bits per heavy atom. The maximum absolute atomic E-state index is 5.73. The van der Waals surface area contributed by atoms with Crippen LogP contribution in [0.25, 0.3) is 6.08 Å². The fraction of sp³-hybridized carbons (Fsp3) is 0.333. The van der Waals surface area contributed by atoms with Crippen LogP contribution in [-0.4, -0.2) is 19.0 Å². The molecule has 0 aliphatic carbocycles. The zero-order chi connectivity index (χ0) is 10.4. The highest BCUT2D eigenvalue weighted by Crippen LogP contribution is 2.15. The fourth-order valence-electron chi connectivity index (χ4n) is 1.39. The fourth-order valence-corrected chi connectivity index (χ4v) is 1.60. The molecule has 0 N–H and O–H groups in total. The van der Waals surface area contributed by atoms with Crippen molar-refractivity contribution in [3.63, 3.8) is 0 Å². The second-order valence-electron chi connectivity index (χ2n) is 3.06. The molecule has 2 heteroatoms. The molecule has 0 saturated heterocycles. The van der Waals surface area contributed by atoms with Crippen LogP contribution in [0.1, 0.15) is 12.5 Å². The number of hydrogen-bond acceptors (Lipinski definition) is 1. The maximum atomic E-state index is 5.73. The minimum Gasteiger partial charge on any atom is -0.371 e. The Morgan fingerprint density at radius 1 is 1.36 bits per heavy atom. The predicted octanol–water partition coefficient (Wildman–Crippen LogP) is 3.39. The van der Waals surface area contributed by atoms with E-state index in [1.165, 1.54) is 5.69 Å². The molecule has 1 rings (SSSR count). The molecular weight excluding hydrogens is 194 g/mol. The van der Waals surface area contributed by atoms with E-state index in [1.807, 2.05) is 6.08 Å². The van der Waals surface area contributed by atoms with Crippen LogP contribution in [0.4, 0.5) is 5.69 Å². The van der Waals surface area contributed by atoms with Crippen molar-refractivity contribution in [2.45, 2.75) is 6.92 Å². The maximum Gasteiger partial charge on any atom is 0.0399 e. The first-order valence-corrected chi connectivity index (χ1v) is 5.38. The summed E-state index contributed by atoms with van der Waals surface area (Å²) in [5, 5.41) is 0. The van der Waals surface area contributed by atoms with E-state index in [2.05, 4.69) is 42.7 Å². The number of halogens is 1. The summed E-state index contributed by atoms with van der Waals surface area (Å²) in [6.45, 7) is 7.74. The molecule has 0 spiro atoms. The number of anilines is 1. The zero-order valence-electron chi connectivity index (χ0n) is 8.54. The Balaban J connectivity index is 2.77. The molecule has 76 valence electrons. The molecule has 1 nitrogen and oxygen atoms in total. The van der Waals surface area contributed by atoms with E-state index >= 15 is 0 Å². The minimum absolute atomic E-state index is 0.664. The summed E-state index contributed by atoms with van der Waals surface area (Å²) in [6.07, 6.45) is 1.85. The Morgan fingerprint density at radius 2 is 2.00 bits per heavy atom. The van der Waals surface area contributed by atoms with Crippen LogP contribution in [-0.2, 0) is 0 Å². The Hall–Kier alpha value is -0.950. The summed E-state index contributed by atoms with van der Waals surface area (Å²) >= 11 is 5.73. The standard InChI is InChI=1S/C12H16ClN/c1-3-11-5-7-12(8-6-11)14(4-2)10-9-13/h3,5-8H,1,4,9-10H2,2H3. The summed E-state index contributed by atoms with van der Waals surface area (Å²) in [5.41, 5.74) is 2.37. The molecule has 0 aromatic heterocycles. The highest BCUT2D eigenvalue weighted by molar-refractivity contribution is 6.18. The van der Waals surface area contributed by atoms with Crippen LogP contribution in [0, 0.1) is 0 Å². The average Bonchev–Trinajstić information content (AvgIpc) is 2.26. The Labute approximate surface area is 91.0 Å². The summed E-state index contributed by atoms with van der Waals surface area (Å²) < 4.78 is 0. The highest BCUT2D eigenvalue weighted by atomic mass is 35.5. The third kappa shape index (κ3) is 2.78. The van der Waals surface area contributed by atoms with Crippen LogP contribution < -0.4 is 4.90 Å². The van der Waals surface area contributed by atoms with E-state index in [0.717, 1.165) is 18.7 Å². The van der Waals surface area contributed by atoms with Gasteiger partial charge in [0.05, 0.1) is 0 Å². The van der Waals surface area contributed by atoms with Crippen molar-refractivity contribution in [2.24, 2.45) is 0 Å². The second-order valence-corrected chi connectivity index (χ2v) is 3.44. The third-order valence-corrected chi connectivity index (χ3v) is 2.40. The summed E-state index contributed by atoms with van der Waals surface area (Å²) in [6, 6.07) is 8.35. The van der Waals surface area contributed by atoms with Gasteiger partial charge >= 0.3 is 0 Å². The van der Waals surface area contributed by atoms with E-state index < -0.39 is 0 Å². The lowest BCUT2D eigenvalue weighted by Gasteiger charge is -2.21. The monoisotopic (exact) mass is 209 g/mol. The van der Waals surface area contributed by atoms with Crippen molar-refractivity contribution in [3.8, 4) is 0 Å². The van der Waals surface area contributed by atoms with Gasteiger partial charge < -0.3 is 4.90 Å². The Bertz CT molecular complexity index is 279. The molecule has 0 unspecified atom stereocenters. The van der Waals surface area contributed by atoms with E-state index in [9.17, 15) is 0 Å². The van der Waals surface area contributed by atoms with Crippen molar-refractivity contribution in [3.05, 3.63) is 36.4 Å². The molecule has 0 bridgehead atoms. The number of nitrogens with zero attached hydrogens (tertiary/aromatic N) is 1. The first-order chi connectivity index (χ1) is 6.81. The first kappa shape index (κ1) is 11.1. The SMILES string of the molecule is C=Cc1ccc(N(CC)CCCl)cc1. The molecule has 0 amide bonds. The van der Waals surface area contributed by atoms with Gasteiger partial charge in [0, 0.05) is 24.7 Å². The smallest absolute Gasteiger partial charge is 0.0399 e. The lowest BCUT2D eigenvalue weighted by atomic mass is 10.2. The number of alkyl halides is 1. The van der Waals surface area contributed by atoms with Crippen molar-refractivity contribution < 1.29 is 0 Å². The molecule has 0 radical (unpaired) electrons. The highest BCUT2D eigenvalue weighted by Gasteiger charge is 2.01. The Kier molecular flexibility index (Phi) is 4.54. The first-order valence-electron chi connectivity index (χ1n) is 4.85. The van der Waals surface area contributed by atoms with Gasteiger partial charge in [-0.3, -0.25) is 0 Å². The van der Waals surface area contributed by atoms with Crippen LogP contribution in [0.5, 0.6) is 0 Å². The molecule has 0 fully saturated rings. The van der Waals surface area contributed by atoms with Gasteiger partial charge in [-0.25, -0.2) is 0 Å². The van der Waals surface area contributed by atoms with E-state index in [4.69, 9.17) is 11.6 Å². The molecule has 14 heavy (non-hydrogen) atoms. The quantitative estimate of drug-likeness (QED) is 0.672. The minimum atomic E-state index is 0.664. The van der Waals surface area contributed by atoms with Crippen LogP contribution in [0.3, 0.4) is 0 Å². The topological polar surface area (TPSA) is 3.24 Å². The molecule has 1 aromatic rings. The van der Waals surface area contributed by atoms with Crippen LogP contribution in [0.15, 0.2) is 30.8 Å². The van der Waals surface area contributed by atoms with Gasteiger partial charge in [-0.1, -0.05) is 24.8 Å². The van der Waals surface area contributed by atoms with Crippen molar-refractivity contribution in [1.29, 1.82) is 0 Å². The molecule has 0 aliphatic rings. The summed E-state index contributed by atoms with van der Waals surface area (Å²) in [5.74, 6) is 0.664. The van der Waals surface area contributed by atoms with Crippen LogP contribution in [0.2, 0.25) is 0 Å². The normalized spacial score (nSPS) is 9.86. The van der Waals surface area contributed by atoms with Gasteiger partial charge in [-0.2, -0.15) is 0 Å². The molecule has 0 saturated carbocycles. The van der Waals surface area contributed by atoms with Crippen molar-refractivity contribution in [1.82, 2.24) is 0 Å². The number of rotatable bonds is 5. The largest absolute Gasteiger partial charge is 0.371 e. The molecule has 1 aromatic carbocycles. The van der Waals surface area contributed by atoms with Gasteiger partial charge in [0.1, 0.15) is 0 Å². The molecular formula is C12H16ClN. The lowest BCUT2D eigenvalue weighted by Crippen LogP contribution is -2.24. The van der Waals surface area contributed by atoms with Gasteiger partial charge in [-0.15, -0.1) is 11.6 Å². The average molecular weight is 210 g/mol. The lowest BCUT2D eigenvalue weighted by molar-refractivity contribution is 0.870. The molecule has 0 aliphatic heterocycles.